The van der Waals surface area contributed by atoms with E-state index in [4.69, 9.17) is 4.74 Å². The van der Waals surface area contributed by atoms with Crippen LogP contribution in [-0.4, -0.2) is 34.5 Å². The molecular formula is C22H34O4. The van der Waals surface area contributed by atoms with E-state index in [1.165, 1.54) is 6.92 Å². The highest BCUT2D eigenvalue weighted by Gasteiger charge is 2.62. The molecule has 0 bridgehead atoms. The van der Waals surface area contributed by atoms with Crippen molar-refractivity contribution in [1.29, 1.82) is 0 Å². The molecule has 0 aromatic heterocycles. The van der Waals surface area contributed by atoms with Crippen molar-refractivity contribution in [2.45, 2.75) is 71.0 Å². The topological polar surface area (TPSA) is 66.8 Å². The number of aliphatic hydroxyl groups excluding tert-OH is 1. The second-order valence-electron chi connectivity index (χ2n) is 9.48. The van der Waals surface area contributed by atoms with Crippen LogP contribution in [0.3, 0.4) is 0 Å². The van der Waals surface area contributed by atoms with E-state index in [2.05, 4.69) is 27.0 Å². The lowest BCUT2D eigenvalue weighted by Crippen LogP contribution is -2.61. The van der Waals surface area contributed by atoms with Crippen molar-refractivity contribution in [3.8, 4) is 0 Å². The van der Waals surface area contributed by atoms with Gasteiger partial charge in [-0.1, -0.05) is 39.5 Å². The van der Waals surface area contributed by atoms with Gasteiger partial charge in [-0.3, -0.25) is 4.79 Å². The molecule has 4 heteroatoms. The minimum atomic E-state index is -1.01. The molecule has 7 atom stereocenters. The average molecular weight is 363 g/mol. The zero-order chi connectivity index (χ0) is 19.3. The Hall–Kier alpha value is -1.13. The summed E-state index contributed by atoms with van der Waals surface area (Å²) in [5.41, 5.74) is -0.452. The van der Waals surface area contributed by atoms with Crippen LogP contribution in [0, 0.1) is 28.6 Å². The first-order valence-electron chi connectivity index (χ1n) is 9.94. The predicted octanol–water partition coefficient (Wildman–Crippen LogP) is 3.63. The van der Waals surface area contributed by atoms with Crippen LogP contribution in [0.5, 0.6) is 0 Å². The molecule has 146 valence electrons. The zero-order valence-corrected chi connectivity index (χ0v) is 16.5. The van der Waals surface area contributed by atoms with E-state index in [-0.39, 0.29) is 28.6 Å². The van der Waals surface area contributed by atoms with Crippen LogP contribution in [0.15, 0.2) is 24.8 Å². The maximum atomic E-state index is 11.4. The molecule has 0 radical (unpaired) electrons. The average Bonchev–Trinajstić information content (AvgIpc) is 2.56. The molecule has 0 aliphatic heterocycles. The Labute approximate surface area is 157 Å². The van der Waals surface area contributed by atoms with Crippen molar-refractivity contribution < 1.29 is 19.7 Å². The summed E-state index contributed by atoms with van der Waals surface area (Å²) in [6, 6.07) is 0. The molecule has 3 rings (SSSR count). The first kappa shape index (κ1) is 19.6. The molecule has 1 unspecified atom stereocenters. The predicted molar refractivity (Wildman–Crippen MR) is 101 cm³/mol. The van der Waals surface area contributed by atoms with Gasteiger partial charge in [0.1, 0.15) is 5.60 Å². The van der Waals surface area contributed by atoms with Gasteiger partial charge < -0.3 is 14.9 Å². The Morgan fingerprint density at radius 1 is 1.35 bits per heavy atom. The summed E-state index contributed by atoms with van der Waals surface area (Å²) in [6.45, 7) is 14.3. The van der Waals surface area contributed by atoms with E-state index in [1.807, 2.05) is 0 Å². The monoisotopic (exact) mass is 362 g/mol. The third-order valence-corrected chi connectivity index (χ3v) is 7.92. The van der Waals surface area contributed by atoms with E-state index in [0.717, 1.165) is 31.3 Å². The molecule has 0 amide bonds. The van der Waals surface area contributed by atoms with Gasteiger partial charge in [-0.2, -0.15) is 0 Å². The number of ether oxygens (including phenoxy) is 1. The number of rotatable bonds is 3. The lowest BCUT2D eigenvalue weighted by Gasteiger charge is -2.63. The molecule has 0 heterocycles. The van der Waals surface area contributed by atoms with E-state index >= 15 is 0 Å². The highest BCUT2D eigenvalue weighted by molar-refractivity contribution is 5.65. The molecule has 0 aromatic rings. The second-order valence-corrected chi connectivity index (χ2v) is 9.48. The molecular weight excluding hydrogens is 328 g/mol. The smallest absolute Gasteiger partial charge is 0.302 e. The van der Waals surface area contributed by atoms with E-state index < -0.39 is 11.7 Å². The molecule has 0 aromatic carbocycles. The normalized spacial score (nSPS) is 48.3. The zero-order valence-electron chi connectivity index (χ0n) is 16.5. The molecule has 3 fully saturated rings. The van der Waals surface area contributed by atoms with Crippen LogP contribution >= 0.6 is 0 Å². The Kier molecular flexibility index (Phi) is 4.90. The molecule has 0 saturated heterocycles. The largest absolute Gasteiger partial charge is 0.465 e. The number of fused-ring (bicyclic) bond motifs is 3. The van der Waals surface area contributed by atoms with Gasteiger partial charge >= 0.3 is 5.97 Å². The van der Waals surface area contributed by atoms with Crippen molar-refractivity contribution in [1.82, 2.24) is 0 Å². The molecule has 26 heavy (non-hydrogen) atoms. The first-order valence-corrected chi connectivity index (χ1v) is 9.94. The third-order valence-electron chi connectivity index (χ3n) is 7.92. The lowest BCUT2D eigenvalue weighted by atomic mass is 9.42. The van der Waals surface area contributed by atoms with Gasteiger partial charge in [-0.15, -0.1) is 0 Å². The van der Waals surface area contributed by atoms with Gasteiger partial charge in [0, 0.05) is 12.3 Å². The number of carbonyl (C=O) groups is 1. The summed E-state index contributed by atoms with van der Waals surface area (Å²) in [5, 5.41) is 22.0. The summed E-state index contributed by atoms with van der Waals surface area (Å²) in [7, 11) is 0. The summed E-state index contributed by atoms with van der Waals surface area (Å²) in [4.78, 5) is 11.4. The maximum absolute atomic E-state index is 11.4. The summed E-state index contributed by atoms with van der Waals surface area (Å²) in [5.74, 6) is 0.329. The first-order chi connectivity index (χ1) is 12.1. The fraction of sp³-hybridized carbons (Fsp3) is 0.773. The number of hydrogen-bond donors (Lipinski definition) is 2. The van der Waals surface area contributed by atoms with Gasteiger partial charge in [-0.25, -0.2) is 0 Å². The Bertz CT molecular complexity index is 613. The lowest BCUT2D eigenvalue weighted by molar-refractivity contribution is -0.189. The van der Waals surface area contributed by atoms with Crippen LogP contribution in [-0.2, 0) is 9.53 Å². The van der Waals surface area contributed by atoms with E-state index in [0.29, 0.717) is 25.4 Å². The second kappa shape index (κ2) is 6.49. The molecule has 3 saturated carbocycles. The van der Waals surface area contributed by atoms with Gasteiger partial charge in [0.05, 0.1) is 12.7 Å². The van der Waals surface area contributed by atoms with Crippen LogP contribution in [0.1, 0.15) is 59.3 Å². The van der Waals surface area contributed by atoms with Crippen LogP contribution < -0.4 is 0 Å². The molecule has 3 aliphatic rings. The Balaban J connectivity index is 1.94. The minimum Gasteiger partial charge on any atom is -0.465 e. The van der Waals surface area contributed by atoms with E-state index in [9.17, 15) is 15.0 Å². The van der Waals surface area contributed by atoms with Gasteiger partial charge in [-0.05, 0) is 60.8 Å². The van der Waals surface area contributed by atoms with Gasteiger partial charge in [0.15, 0.2) is 0 Å². The van der Waals surface area contributed by atoms with Crippen LogP contribution in [0.25, 0.3) is 0 Å². The molecule has 0 spiro atoms. The summed E-state index contributed by atoms with van der Waals surface area (Å²) in [6.07, 6.45) is 6.40. The number of carbonyl (C=O) groups excluding carboxylic acids is 1. The number of aliphatic hydroxyl groups is 2. The van der Waals surface area contributed by atoms with Crippen molar-refractivity contribution in [3.05, 3.63) is 24.8 Å². The Morgan fingerprint density at radius 3 is 2.65 bits per heavy atom. The molecule has 3 aliphatic carbocycles. The highest BCUT2D eigenvalue weighted by atomic mass is 16.5. The van der Waals surface area contributed by atoms with Crippen LogP contribution in [0.2, 0.25) is 0 Å². The SMILES string of the molecule is C=C[C@@]1(O)CC[C@H]2[C@@H](C[C@@H](O)C3[C@](C)(COC(C)=O)CCC[C@@]32C)C1=C. The van der Waals surface area contributed by atoms with Crippen LogP contribution in [0.4, 0.5) is 0 Å². The third kappa shape index (κ3) is 2.86. The highest BCUT2D eigenvalue weighted by Crippen LogP contribution is 2.65. The van der Waals surface area contributed by atoms with Crippen molar-refractivity contribution in [3.63, 3.8) is 0 Å². The maximum Gasteiger partial charge on any atom is 0.302 e. The quantitative estimate of drug-likeness (QED) is 0.594. The fourth-order valence-electron chi connectivity index (χ4n) is 6.76. The van der Waals surface area contributed by atoms with E-state index in [1.54, 1.807) is 6.08 Å². The Morgan fingerprint density at radius 2 is 2.04 bits per heavy atom. The minimum absolute atomic E-state index is 0.0408. The number of hydrogen-bond acceptors (Lipinski definition) is 4. The standard InChI is InChI=1S/C22H34O4/c1-6-22(25)11-8-17-16(14(22)2)12-18(24)19-20(4,13-26-15(3)23)9-7-10-21(17,19)5/h6,16-19,24-25H,1-2,7-13H2,3-5H3/t16-,17-,18+,19?,20-,21+,22+/m0/s1. The molecule has 4 nitrogen and oxygen atoms in total. The van der Waals surface area contributed by atoms with Gasteiger partial charge in [0.25, 0.3) is 0 Å². The summed E-state index contributed by atoms with van der Waals surface area (Å²) < 4.78 is 5.41. The molecule has 2 N–H and O–H groups in total. The van der Waals surface area contributed by atoms with Crippen molar-refractivity contribution >= 4 is 5.97 Å². The summed E-state index contributed by atoms with van der Waals surface area (Å²) >= 11 is 0. The van der Waals surface area contributed by atoms with Crippen molar-refractivity contribution in [2.24, 2.45) is 28.6 Å². The van der Waals surface area contributed by atoms with Crippen molar-refractivity contribution in [2.75, 3.05) is 6.61 Å². The fourth-order valence-corrected chi connectivity index (χ4v) is 6.76. The number of esters is 1. The van der Waals surface area contributed by atoms with Gasteiger partial charge in [0.2, 0.25) is 0 Å².